The summed E-state index contributed by atoms with van der Waals surface area (Å²) < 4.78 is 6.33. The van der Waals surface area contributed by atoms with Gasteiger partial charge in [-0.3, -0.25) is 0 Å². The number of ether oxygens (including phenoxy) is 1. The molecule has 1 saturated carbocycles. The van der Waals surface area contributed by atoms with Crippen molar-refractivity contribution in [2.24, 2.45) is 0 Å². The monoisotopic (exact) mass is 313 g/mol. The number of benzene rings is 2. The average Bonchev–Trinajstić information content (AvgIpc) is 3.09. The van der Waals surface area contributed by atoms with Crippen LogP contribution in [-0.4, -0.2) is 17.6 Å². The van der Waals surface area contributed by atoms with E-state index in [2.05, 4.69) is 36.4 Å². The smallest absolute Gasteiger partial charge is 0.162 e. The zero-order chi connectivity index (χ0) is 14.8. The van der Waals surface area contributed by atoms with Gasteiger partial charge in [-0.25, -0.2) is 0 Å². The van der Waals surface area contributed by atoms with Crippen LogP contribution in [0.4, 0.5) is 0 Å². The Balaban J connectivity index is 1.70. The fourth-order valence-electron chi connectivity index (χ4n) is 3.84. The molecule has 0 bridgehead atoms. The maximum atomic E-state index is 6.33. The van der Waals surface area contributed by atoms with Gasteiger partial charge in [-0.2, -0.15) is 0 Å². The second kappa shape index (κ2) is 6.54. The van der Waals surface area contributed by atoms with Gasteiger partial charge >= 0.3 is 0 Å². The normalized spacial score (nSPS) is 20.5. The molecule has 2 aliphatic rings. The zero-order valence-corrected chi connectivity index (χ0v) is 14.0. The molecule has 116 valence electrons. The standard InChI is InChI=1S/C20H25OS/c1-6-14-22(15-7-1)20-13-12-19(21-16-8-2-3-9-16)17-10-4-5-11-18(17)20/h4-5,10-13,16H,1-3,6-9,14-15H2/q+1. The van der Waals surface area contributed by atoms with E-state index in [9.17, 15) is 0 Å². The van der Waals surface area contributed by atoms with Gasteiger partial charge < -0.3 is 4.74 Å². The zero-order valence-electron chi connectivity index (χ0n) is 13.2. The Hall–Kier alpha value is -1.15. The summed E-state index contributed by atoms with van der Waals surface area (Å²) in [6.07, 6.45) is 9.75. The van der Waals surface area contributed by atoms with E-state index in [4.69, 9.17) is 4.74 Å². The second-order valence-corrected chi connectivity index (χ2v) is 8.84. The van der Waals surface area contributed by atoms with Crippen LogP contribution in [0.15, 0.2) is 41.3 Å². The molecule has 0 amide bonds. The van der Waals surface area contributed by atoms with E-state index in [1.54, 1.807) is 4.90 Å². The minimum absolute atomic E-state index is 0.436. The predicted molar refractivity (Wildman–Crippen MR) is 96.0 cm³/mol. The lowest BCUT2D eigenvalue weighted by Gasteiger charge is -2.18. The molecule has 0 radical (unpaired) electrons. The summed E-state index contributed by atoms with van der Waals surface area (Å²) in [5, 5.41) is 2.76. The third kappa shape index (κ3) is 2.86. The molecule has 1 heterocycles. The molecule has 2 fully saturated rings. The van der Waals surface area contributed by atoms with Gasteiger partial charge in [0.1, 0.15) is 17.3 Å². The molecular formula is C20H25OS+. The molecule has 0 atom stereocenters. The van der Waals surface area contributed by atoms with Crippen LogP contribution in [0.2, 0.25) is 0 Å². The molecule has 1 saturated heterocycles. The van der Waals surface area contributed by atoms with Gasteiger partial charge in [-0.15, -0.1) is 0 Å². The van der Waals surface area contributed by atoms with Crippen LogP contribution in [0.3, 0.4) is 0 Å². The van der Waals surface area contributed by atoms with Gasteiger partial charge in [-0.05, 0) is 63.1 Å². The Labute approximate surface area is 136 Å². The van der Waals surface area contributed by atoms with E-state index in [-0.39, 0.29) is 0 Å². The number of rotatable bonds is 3. The van der Waals surface area contributed by atoms with Crippen LogP contribution in [0, 0.1) is 0 Å². The Kier molecular flexibility index (Phi) is 4.29. The van der Waals surface area contributed by atoms with E-state index in [1.807, 2.05) is 0 Å². The van der Waals surface area contributed by atoms with Crippen molar-refractivity contribution in [1.29, 1.82) is 0 Å². The molecular weight excluding hydrogens is 288 g/mol. The Bertz CT molecular complexity index is 639. The lowest BCUT2D eigenvalue weighted by Crippen LogP contribution is -2.18. The molecule has 2 aromatic carbocycles. The van der Waals surface area contributed by atoms with Crippen molar-refractivity contribution in [3.8, 4) is 5.75 Å². The summed E-state index contributed by atoms with van der Waals surface area (Å²) in [6.45, 7) is 0. The molecule has 22 heavy (non-hydrogen) atoms. The summed E-state index contributed by atoms with van der Waals surface area (Å²) in [4.78, 5) is 1.58. The van der Waals surface area contributed by atoms with Crippen LogP contribution in [0.1, 0.15) is 44.9 Å². The third-order valence-electron chi connectivity index (χ3n) is 5.03. The molecule has 0 aromatic heterocycles. The van der Waals surface area contributed by atoms with Crippen molar-refractivity contribution in [3.63, 3.8) is 0 Å². The minimum atomic E-state index is 0.436. The molecule has 2 aromatic rings. The van der Waals surface area contributed by atoms with Crippen molar-refractivity contribution in [3.05, 3.63) is 36.4 Å². The highest BCUT2D eigenvalue weighted by Crippen LogP contribution is 2.36. The maximum Gasteiger partial charge on any atom is 0.162 e. The lowest BCUT2D eigenvalue weighted by molar-refractivity contribution is 0.212. The van der Waals surface area contributed by atoms with Crippen LogP contribution in [0.25, 0.3) is 10.8 Å². The van der Waals surface area contributed by atoms with E-state index in [0.717, 1.165) is 5.75 Å². The molecule has 0 spiro atoms. The highest BCUT2D eigenvalue weighted by atomic mass is 32.2. The topological polar surface area (TPSA) is 9.23 Å². The van der Waals surface area contributed by atoms with Crippen molar-refractivity contribution < 1.29 is 4.74 Å². The van der Waals surface area contributed by atoms with Gasteiger partial charge in [0.05, 0.1) is 6.10 Å². The van der Waals surface area contributed by atoms with Crippen LogP contribution in [-0.2, 0) is 10.9 Å². The Morgan fingerprint density at radius 3 is 2.27 bits per heavy atom. The SMILES string of the molecule is c1ccc2c([S+]3CCCCC3)ccc(OC3CCCC3)c2c1. The van der Waals surface area contributed by atoms with Gasteiger partial charge in [0.15, 0.2) is 4.90 Å². The largest absolute Gasteiger partial charge is 0.490 e. The minimum Gasteiger partial charge on any atom is -0.490 e. The fraction of sp³-hybridized carbons (Fsp3) is 0.500. The quantitative estimate of drug-likeness (QED) is 0.697. The number of hydrogen-bond acceptors (Lipinski definition) is 1. The van der Waals surface area contributed by atoms with Crippen molar-refractivity contribution in [2.45, 2.75) is 55.9 Å². The first-order valence-electron chi connectivity index (χ1n) is 8.78. The summed E-state index contributed by atoms with van der Waals surface area (Å²) in [5.74, 6) is 3.87. The van der Waals surface area contributed by atoms with Crippen LogP contribution < -0.4 is 4.74 Å². The molecule has 0 unspecified atom stereocenters. The van der Waals surface area contributed by atoms with Crippen molar-refractivity contribution >= 4 is 21.7 Å². The van der Waals surface area contributed by atoms with Crippen molar-refractivity contribution in [2.75, 3.05) is 11.5 Å². The first-order chi connectivity index (χ1) is 10.9. The first-order valence-corrected chi connectivity index (χ1v) is 10.3. The van der Waals surface area contributed by atoms with E-state index >= 15 is 0 Å². The van der Waals surface area contributed by atoms with Gasteiger partial charge in [0.2, 0.25) is 0 Å². The van der Waals surface area contributed by atoms with E-state index < -0.39 is 0 Å². The average molecular weight is 313 g/mol. The molecule has 1 nitrogen and oxygen atoms in total. The molecule has 0 N–H and O–H groups in total. The van der Waals surface area contributed by atoms with Crippen LogP contribution in [0.5, 0.6) is 5.75 Å². The summed E-state index contributed by atoms with van der Waals surface area (Å²) in [6, 6.07) is 13.5. The Morgan fingerprint density at radius 2 is 1.50 bits per heavy atom. The van der Waals surface area contributed by atoms with Crippen LogP contribution >= 0.6 is 0 Å². The predicted octanol–water partition coefficient (Wildman–Crippen LogP) is 5.32. The second-order valence-electron chi connectivity index (χ2n) is 6.59. The first kappa shape index (κ1) is 14.4. The lowest BCUT2D eigenvalue weighted by atomic mass is 10.1. The summed E-state index contributed by atoms with van der Waals surface area (Å²) in [7, 11) is 0.450. The molecule has 2 heteroatoms. The third-order valence-corrected chi connectivity index (χ3v) is 7.57. The molecule has 1 aliphatic heterocycles. The Morgan fingerprint density at radius 1 is 0.773 bits per heavy atom. The highest BCUT2D eigenvalue weighted by molar-refractivity contribution is 7.97. The summed E-state index contributed by atoms with van der Waals surface area (Å²) in [5.41, 5.74) is 0. The van der Waals surface area contributed by atoms with Crippen molar-refractivity contribution in [1.82, 2.24) is 0 Å². The fourth-order valence-corrected chi connectivity index (χ4v) is 6.33. The number of fused-ring (bicyclic) bond motifs is 1. The molecule has 1 aliphatic carbocycles. The maximum absolute atomic E-state index is 6.33. The number of hydrogen-bond donors (Lipinski definition) is 0. The summed E-state index contributed by atoms with van der Waals surface area (Å²) >= 11 is 0. The molecule has 4 rings (SSSR count). The highest BCUT2D eigenvalue weighted by Gasteiger charge is 2.27. The van der Waals surface area contributed by atoms with E-state index in [1.165, 1.54) is 67.2 Å². The van der Waals surface area contributed by atoms with Gasteiger partial charge in [0, 0.05) is 21.7 Å². The van der Waals surface area contributed by atoms with Gasteiger partial charge in [-0.1, -0.05) is 18.2 Å². The van der Waals surface area contributed by atoms with Gasteiger partial charge in [0.25, 0.3) is 0 Å². The van der Waals surface area contributed by atoms with E-state index in [0.29, 0.717) is 17.0 Å².